The zero-order valence-corrected chi connectivity index (χ0v) is 11.4. The Morgan fingerprint density at radius 2 is 2.20 bits per heavy atom. The van der Waals surface area contributed by atoms with Crippen molar-refractivity contribution in [3.8, 4) is 0 Å². The molecule has 3 N–H and O–H groups in total. The summed E-state index contributed by atoms with van der Waals surface area (Å²) in [6, 6.07) is 1.81. The van der Waals surface area contributed by atoms with Gasteiger partial charge in [-0.1, -0.05) is 11.6 Å². The molecule has 1 saturated heterocycles. The highest BCUT2D eigenvalue weighted by Gasteiger charge is 2.18. The Balaban J connectivity index is 2.14. The molecule has 0 atom stereocenters. The first-order valence-corrected chi connectivity index (χ1v) is 6.58. The number of anilines is 1. The van der Waals surface area contributed by atoms with Crippen LogP contribution in [0.25, 0.3) is 0 Å². The van der Waals surface area contributed by atoms with Gasteiger partial charge >= 0.3 is 0 Å². The smallest absolute Gasteiger partial charge is 0.273 e. The van der Waals surface area contributed by atoms with Gasteiger partial charge in [-0.25, -0.2) is 4.98 Å². The SMILES string of the molecule is O=CNNC(=O)c1cnc(Cl)cc1NC1CCOCC1. The fraction of sp³-hybridized carbons (Fsp3) is 0.417. The van der Waals surface area contributed by atoms with E-state index in [4.69, 9.17) is 16.3 Å². The number of nitrogens with zero attached hydrogens (tertiary/aromatic N) is 1. The van der Waals surface area contributed by atoms with Crippen LogP contribution in [0.1, 0.15) is 23.2 Å². The molecular weight excluding hydrogens is 284 g/mol. The zero-order valence-electron chi connectivity index (χ0n) is 10.7. The molecule has 0 bridgehead atoms. The van der Waals surface area contributed by atoms with Crippen molar-refractivity contribution in [2.75, 3.05) is 18.5 Å². The molecule has 108 valence electrons. The normalized spacial score (nSPS) is 15.4. The monoisotopic (exact) mass is 298 g/mol. The van der Waals surface area contributed by atoms with Gasteiger partial charge in [0.05, 0.1) is 11.3 Å². The van der Waals surface area contributed by atoms with E-state index in [2.05, 4.69) is 21.2 Å². The molecule has 1 aliphatic heterocycles. The number of carbonyl (C=O) groups is 2. The fourth-order valence-electron chi connectivity index (χ4n) is 1.95. The van der Waals surface area contributed by atoms with Crippen molar-refractivity contribution in [3.63, 3.8) is 0 Å². The van der Waals surface area contributed by atoms with Gasteiger partial charge in [0.1, 0.15) is 5.15 Å². The van der Waals surface area contributed by atoms with Crippen LogP contribution in [0.2, 0.25) is 5.15 Å². The van der Waals surface area contributed by atoms with Crippen LogP contribution in [-0.2, 0) is 9.53 Å². The van der Waals surface area contributed by atoms with Crippen molar-refractivity contribution >= 4 is 29.6 Å². The van der Waals surface area contributed by atoms with Gasteiger partial charge in [-0.05, 0) is 18.9 Å². The van der Waals surface area contributed by atoms with E-state index in [0.717, 1.165) is 12.8 Å². The van der Waals surface area contributed by atoms with Gasteiger partial charge in [0.15, 0.2) is 0 Å². The van der Waals surface area contributed by atoms with Crippen LogP contribution in [0.4, 0.5) is 5.69 Å². The van der Waals surface area contributed by atoms with E-state index in [1.165, 1.54) is 6.20 Å². The van der Waals surface area contributed by atoms with Crippen LogP contribution in [0, 0.1) is 0 Å². The Hall–Kier alpha value is -1.86. The van der Waals surface area contributed by atoms with E-state index in [1.807, 2.05) is 0 Å². The first-order valence-electron chi connectivity index (χ1n) is 6.20. The summed E-state index contributed by atoms with van der Waals surface area (Å²) in [5.74, 6) is -0.462. The van der Waals surface area contributed by atoms with Gasteiger partial charge in [-0.3, -0.25) is 20.4 Å². The lowest BCUT2D eigenvalue weighted by molar-refractivity contribution is -0.110. The standard InChI is InChI=1S/C12H15ClN4O3/c13-11-5-10(16-8-1-3-20-4-2-8)9(6-14-11)12(19)17-15-7-18/h5-8H,1-4H2,(H,14,16)(H,15,18)(H,17,19). The van der Waals surface area contributed by atoms with Crippen LogP contribution in [-0.4, -0.2) is 36.6 Å². The van der Waals surface area contributed by atoms with Crippen molar-refractivity contribution in [1.29, 1.82) is 0 Å². The third-order valence-electron chi connectivity index (χ3n) is 2.94. The Labute approximate surface area is 121 Å². The van der Waals surface area contributed by atoms with E-state index in [9.17, 15) is 9.59 Å². The lowest BCUT2D eigenvalue weighted by atomic mass is 10.1. The van der Waals surface area contributed by atoms with E-state index in [-0.39, 0.29) is 6.04 Å². The molecular formula is C12H15ClN4O3. The van der Waals surface area contributed by atoms with E-state index < -0.39 is 5.91 Å². The zero-order chi connectivity index (χ0) is 14.4. The summed E-state index contributed by atoms with van der Waals surface area (Å²) in [5, 5.41) is 3.56. The van der Waals surface area contributed by atoms with Crippen LogP contribution in [0.3, 0.4) is 0 Å². The Morgan fingerprint density at radius 3 is 2.90 bits per heavy atom. The van der Waals surface area contributed by atoms with Crippen molar-refractivity contribution < 1.29 is 14.3 Å². The summed E-state index contributed by atoms with van der Waals surface area (Å²) in [7, 11) is 0. The average Bonchev–Trinajstić information content (AvgIpc) is 2.46. The number of pyridine rings is 1. The Morgan fingerprint density at radius 1 is 1.45 bits per heavy atom. The topological polar surface area (TPSA) is 92.4 Å². The highest BCUT2D eigenvalue weighted by Crippen LogP contribution is 2.22. The molecule has 0 aromatic carbocycles. The molecule has 1 fully saturated rings. The predicted octanol–water partition coefficient (Wildman–Crippen LogP) is 0.717. The predicted molar refractivity (Wildman–Crippen MR) is 73.4 cm³/mol. The highest BCUT2D eigenvalue weighted by atomic mass is 35.5. The summed E-state index contributed by atoms with van der Waals surface area (Å²) in [6.45, 7) is 1.37. The minimum Gasteiger partial charge on any atom is -0.381 e. The molecule has 0 spiro atoms. The first kappa shape index (κ1) is 14.5. The number of ether oxygens (including phenoxy) is 1. The molecule has 0 unspecified atom stereocenters. The molecule has 1 aromatic heterocycles. The summed E-state index contributed by atoms with van der Waals surface area (Å²) >= 11 is 5.86. The third kappa shape index (κ3) is 3.82. The minimum absolute atomic E-state index is 0.216. The van der Waals surface area contributed by atoms with Crippen LogP contribution >= 0.6 is 11.6 Å². The fourth-order valence-corrected chi connectivity index (χ4v) is 2.11. The van der Waals surface area contributed by atoms with E-state index >= 15 is 0 Å². The number of rotatable bonds is 5. The number of hydrogen-bond donors (Lipinski definition) is 3. The van der Waals surface area contributed by atoms with Crippen molar-refractivity contribution in [2.45, 2.75) is 18.9 Å². The number of hydrogen-bond acceptors (Lipinski definition) is 5. The van der Waals surface area contributed by atoms with Gasteiger partial charge in [0, 0.05) is 25.5 Å². The maximum Gasteiger partial charge on any atom is 0.273 e. The lowest BCUT2D eigenvalue weighted by Gasteiger charge is -2.25. The van der Waals surface area contributed by atoms with Crippen LogP contribution in [0.15, 0.2) is 12.3 Å². The van der Waals surface area contributed by atoms with Crippen molar-refractivity contribution in [2.24, 2.45) is 0 Å². The molecule has 7 nitrogen and oxygen atoms in total. The molecule has 2 heterocycles. The maximum absolute atomic E-state index is 11.9. The van der Waals surface area contributed by atoms with E-state index in [1.54, 1.807) is 6.07 Å². The molecule has 0 saturated carbocycles. The number of halogens is 1. The van der Waals surface area contributed by atoms with Gasteiger partial charge in [-0.15, -0.1) is 0 Å². The van der Waals surface area contributed by atoms with Gasteiger partial charge in [0.25, 0.3) is 5.91 Å². The number of amides is 2. The molecule has 20 heavy (non-hydrogen) atoms. The Bertz CT molecular complexity index is 492. The molecule has 1 aromatic rings. The van der Waals surface area contributed by atoms with Gasteiger partial charge < -0.3 is 10.1 Å². The summed E-state index contributed by atoms with van der Waals surface area (Å²) in [5.41, 5.74) is 5.24. The van der Waals surface area contributed by atoms with Gasteiger partial charge in [-0.2, -0.15) is 0 Å². The Kier molecular flexibility index (Phi) is 5.14. The maximum atomic E-state index is 11.9. The molecule has 1 aliphatic rings. The summed E-state index contributed by atoms with van der Waals surface area (Å²) < 4.78 is 5.29. The quantitative estimate of drug-likeness (QED) is 0.423. The number of hydrazine groups is 1. The van der Waals surface area contributed by atoms with Gasteiger partial charge in [0.2, 0.25) is 6.41 Å². The van der Waals surface area contributed by atoms with Crippen LogP contribution in [0.5, 0.6) is 0 Å². The first-order chi connectivity index (χ1) is 9.70. The van der Waals surface area contributed by atoms with Crippen molar-refractivity contribution in [1.82, 2.24) is 15.8 Å². The molecule has 0 aliphatic carbocycles. The molecule has 8 heteroatoms. The number of nitrogens with one attached hydrogen (secondary N) is 3. The largest absolute Gasteiger partial charge is 0.381 e. The number of aromatic nitrogens is 1. The van der Waals surface area contributed by atoms with Crippen LogP contribution < -0.4 is 16.2 Å². The second kappa shape index (κ2) is 7.06. The summed E-state index contributed by atoms with van der Waals surface area (Å²) in [6.07, 6.45) is 3.46. The highest BCUT2D eigenvalue weighted by molar-refractivity contribution is 6.29. The number of carbonyl (C=O) groups excluding carboxylic acids is 2. The average molecular weight is 299 g/mol. The third-order valence-corrected chi connectivity index (χ3v) is 3.15. The van der Waals surface area contributed by atoms with E-state index in [0.29, 0.717) is 36.0 Å². The minimum atomic E-state index is -0.462. The molecule has 2 amide bonds. The molecule has 0 radical (unpaired) electrons. The lowest BCUT2D eigenvalue weighted by Crippen LogP contribution is -2.37. The second-order valence-electron chi connectivity index (χ2n) is 4.30. The second-order valence-corrected chi connectivity index (χ2v) is 4.69. The molecule has 2 rings (SSSR count). The van der Waals surface area contributed by atoms with Crippen molar-refractivity contribution in [3.05, 3.63) is 23.0 Å². The summed E-state index contributed by atoms with van der Waals surface area (Å²) in [4.78, 5) is 26.0.